The molecule has 5 nitrogen and oxygen atoms in total. The molecule has 0 bridgehead atoms. The Labute approximate surface area is 169 Å². The van der Waals surface area contributed by atoms with Crippen LogP contribution >= 0.6 is 11.6 Å². The number of carbonyl (C=O) groups excluding carboxylic acids is 2. The highest BCUT2D eigenvalue weighted by Gasteiger charge is 2.46. The molecular formula is C22H22ClNO4. The van der Waals surface area contributed by atoms with Crippen LogP contribution in [0.25, 0.3) is 5.76 Å². The summed E-state index contributed by atoms with van der Waals surface area (Å²) in [5.41, 5.74) is 2.29. The van der Waals surface area contributed by atoms with E-state index in [4.69, 9.17) is 16.3 Å². The lowest BCUT2D eigenvalue weighted by Gasteiger charge is -2.26. The summed E-state index contributed by atoms with van der Waals surface area (Å²) in [6.07, 6.45) is 0.590. The van der Waals surface area contributed by atoms with Gasteiger partial charge in [-0.1, -0.05) is 35.9 Å². The number of aliphatic hydroxyl groups excluding tert-OH is 1. The highest BCUT2D eigenvalue weighted by Crippen LogP contribution is 2.40. The van der Waals surface area contributed by atoms with Crippen molar-refractivity contribution in [2.24, 2.45) is 0 Å². The van der Waals surface area contributed by atoms with E-state index in [9.17, 15) is 14.7 Å². The third-order valence-electron chi connectivity index (χ3n) is 4.89. The molecule has 0 radical (unpaired) electrons. The highest BCUT2D eigenvalue weighted by atomic mass is 35.5. The van der Waals surface area contributed by atoms with Crippen molar-refractivity contribution in [3.63, 3.8) is 0 Å². The van der Waals surface area contributed by atoms with E-state index in [1.165, 1.54) is 4.90 Å². The molecule has 0 aliphatic carbocycles. The van der Waals surface area contributed by atoms with Crippen molar-refractivity contribution in [1.82, 2.24) is 4.90 Å². The van der Waals surface area contributed by atoms with Gasteiger partial charge in [-0.15, -0.1) is 0 Å². The van der Waals surface area contributed by atoms with E-state index in [0.717, 1.165) is 11.1 Å². The maximum Gasteiger partial charge on any atom is 0.295 e. The molecule has 1 unspecified atom stereocenters. The number of aliphatic hydroxyl groups is 1. The van der Waals surface area contributed by atoms with Crippen molar-refractivity contribution >= 4 is 29.1 Å². The average molecular weight is 400 g/mol. The Bertz CT molecular complexity index is 920. The number of likely N-dealkylation sites (tertiary alicyclic amines) is 1. The summed E-state index contributed by atoms with van der Waals surface area (Å²) in [5.74, 6) is -1.49. The van der Waals surface area contributed by atoms with Crippen molar-refractivity contribution in [3.8, 4) is 0 Å². The van der Waals surface area contributed by atoms with Gasteiger partial charge in [0.15, 0.2) is 0 Å². The van der Waals surface area contributed by atoms with E-state index in [2.05, 4.69) is 0 Å². The summed E-state index contributed by atoms with van der Waals surface area (Å²) in [4.78, 5) is 27.1. The molecule has 2 aromatic rings. The fourth-order valence-corrected chi connectivity index (χ4v) is 3.60. The molecule has 0 spiro atoms. The maximum absolute atomic E-state index is 12.9. The first-order valence-corrected chi connectivity index (χ1v) is 9.42. The minimum atomic E-state index is -0.682. The second-order valence-corrected chi connectivity index (χ2v) is 7.14. The van der Waals surface area contributed by atoms with Crippen LogP contribution in [-0.4, -0.2) is 42.0 Å². The van der Waals surface area contributed by atoms with E-state index < -0.39 is 17.7 Å². The van der Waals surface area contributed by atoms with E-state index in [1.807, 2.05) is 31.2 Å². The molecule has 6 heteroatoms. The molecule has 1 fully saturated rings. The molecule has 1 heterocycles. The minimum absolute atomic E-state index is 0.0963. The van der Waals surface area contributed by atoms with Crippen LogP contribution in [-0.2, 0) is 14.3 Å². The number of ether oxygens (including phenoxy) is 1. The van der Waals surface area contributed by atoms with Gasteiger partial charge >= 0.3 is 0 Å². The Hall–Kier alpha value is -2.63. The van der Waals surface area contributed by atoms with Crippen molar-refractivity contribution in [2.45, 2.75) is 19.4 Å². The van der Waals surface area contributed by atoms with Crippen LogP contribution in [0.3, 0.4) is 0 Å². The first-order chi connectivity index (χ1) is 13.5. The van der Waals surface area contributed by atoms with Crippen LogP contribution in [0.15, 0.2) is 54.1 Å². The zero-order valence-corrected chi connectivity index (χ0v) is 16.6. The third kappa shape index (κ3) is 3.81. The summed E-state index contributed by atoms with van der Waals surface area (Å²) in [6.45, 7) is 2.75. The molecule has 1 N–H and O–H groups in total. The van der Waals surface area contributed by atoms with E-state index in [0.29, 0.717) is 30.2 Å². The second-order valence-electron chi connectivity index (χ2n) is 6.70. The second kappa shape index (κ2) is 8.59. The largest absolute Gasteiger partial charge is 0.507 e. The number of rotatable bonds is 6. The molecule has 1 aliphatic rings. The number of nitrogens with zero attached hydrogens (tertiary/aromatic N) is 1. The predicted octanol–water partition coefficient (Wildman–Crippen LogP) is 4.11. The fraction of sp³-hybridized carbons (Fsp3) is 0.273. The first-order valence-electron chi connectivity index (χ1n) is 9.04. The third-order valence-corrected chi connectivity index (χ3v) is 5.14. The summed E-state index contributed by atoms with van der Waals surface area (Å²) in [5, 5.41) is 11.4. The number of ketones is 1. The van der Waals surface area contributed by atoms with Gasteiger partial charge < -0.3 is 14.7 Å². The molecule has 1 aliphatic heterocycles. The SMILES string of the molecule is COCCCN1C(=O)C(=O)/C(=C(\O)c2ccc(Cl)cc2)C1c1ccccc1C. The zero-order valence-electron chi connectivity index (χ0n) is 15.8. The Kier molecular flexibility index (Phi) is 6.17. The number of hydrogen-bond donors (Lipinski definition) is 1. The number of hydrogen-bond acceptors (Lipinski definition) is 4. The van der Waals surface area contributed by atoms with Crippen LogP contribution in [0.5, 0.6) is 0 Å². The van der Waals surface area contributed by atoms with Gasteiger partial charge in [-0.25, -0.2) is 0 Å². The van der Waals surface area contributed by atoms with Crippen LogP contribution in [0, 0.1) is 6.92 Å². The molecule has 1 saturated heterocycles. The van der Waals surface area contributed by atoms with Crippen molar-refractivity contribution < 1.29 is 19.4 Å². The quantitative estimate of drug-likeness (QED) is 0.343. The number of Topliss-reactive ketones (excluding diaryl/α,β-unsaturated/α-hetero) is 1. The Morgan fingerprint density at radius 2 is 1.82 bits per heavy atom. The molecule has 3 rings (SSSR count). The summed E-state index contributed by atoms with van der Waals surface area (Å²) in [7, 11) is 1.59. The topological polar surface area (TPSA) is 66.8 Å². The van der Waals surface area contributed by atoms with Crippen LogP contribution in [0.1, 0.15) is 29.2 Å². The van der Waals surface area contributed by atoms with Gasteiger partial charge in [0.2, 0.25) is 0 Å². The standard InChI is InChI=1S/C22H22ClNO4/c1-14-6-3-4-7-17(14)19-18(20(25)15-8-10-16(23)11-9-15)21(26)22(27)24(19)12-5-13-28-2/h3-4,6-11,19,25H,5,12-13H2,1-2H3/b20-18-. The number of amides is 1. The Morgan fingerprint density at radius 1 is 1.14 bits per heavy atom. The summed E-state index contributed by atoms with van der Waals surface area (Å²) >= 11 is 5.93. The molecule has 146 valence electrons. The van der Waals surface area contributed by atoms with E-state index in [-0.39, 0.29) is 11.3 Å². The van der Waals surface area contributed by atoms with Crippen molar-refractivity contribution in [2.75, 3.05) is 20.3 Å². The smallest absolute Gasteiger partial charge is 0.295 e. The average Bonchev–Trinajstić information content (AvgIpc) is 2.93. The first kappa shape index (κ1) is 20.1. The number of aryl methyl sites for hydroxylation is 1. The van der Waals surface area contributed by atoms with Gasteiger partial charge in [-0.2, -0.15) is 0 Å². The van der Waals surface area contributed by atoms with Gasteiger partial charge in [0, 0.05) is 30.8 Å². The highest BCUT2D eigenvalue weighted by molar-refractivity contribution is 6.46. The van der Waals surface area contributed by atoms with E-state index in [1.54, 1.807) is 31.4 Å². The van der Waals surface area contributed by atoms with Gasteiger partial charge in [0.25, 0.3) is 11.7 Å². The van der Waals surface area contributed by atoms with Gasteiger partial charge in [-0.3, -0.25) is 9.59 Å². The molecule has 1 atom stereocenters. The summed E-state index contributed by atoms with van der Waals surface area (Å²) < 4.78 is 5.09. The molecule has 0 saturated carbocycles. The number of carbonyl (C=O) groups is 2. The predicted molar refractivity (Wildman–Crippen MR) is 108 cm³/mol. The number of benzene rings is 2. The Morgan fingerprint density at radius 3 is 2.46 bits per heavy atom. The number of methoxy groups -OCH3 is 1. The fourth-order valence-electron chi connectivity index (χ4n) is 3.47. The van der Waals surface area contributed by atoms with Crippen LogP contribution in [0.2, 0.25) is 5.02 Å². The molecule has 0 aromatic heterocycles. The monoisotopic (exact) mass is 399 g/mol. The van der Waals surface area contributed by atoms with Gasteiger partial charge in [0.05, 0.1) is 11.6 Å². The molecule has 1 amide bonds. The lowest BCUT2D eigenvalue weighted by atomic mass is 9.92. The van der Waals surface area contributed by atoms with Crippen molar-refractivity contribution in [1.29, 1.82) is 0 Å². The Balaban J connectivity index is 2.14. The summed E-state index contributed by atoms with van der Waals surface area (Å²) in [6, 6.07) is 13.4. The maximum atomic E-state index is 12.9. The van der Waals surface area contributed by atoms with Crippen LogP contribution < -0.4 is 0 Å². The molecule has 2 aromatic carbocycles. The van der Waals surface area contributed by atoms with Crippen molar-refractivity contribution in [3.05, 3.63) is 75.8 Å². The van der Waals surface area contributed by atoms with E-state index >= 15 is 0 Å². The van der Waals surface area contributed by atoms with Gasteiger partial charge in [0.1, 0.15) is 5.76 Å². The minimum Gasteiger partial charge on any atom is -0.507 e. The molecule has 28 heavy (non-hydrogen) atoms. The van der Waals surface area contributed by atoms with Crippen LogP contribution in [0.4, 0.5) is 0 Å². The lowest BCUT2D eigenvalue weighted by Crippen LogP contribution is -2.31. The lowest BCUT2D eigenvalue weighted by molar-refractivity contribution is -0.140. The number of halogens is 1. The normalized spacial score (nSPS) is 18.7. The zero-order chi connectivity index (χ0) is 20.3. The molecular weight excluding hydrogens is 378 g/mol. The van der Waals surface area contributed by atoms with Gasteiger partial charge in [-0.05, 0) is 48.7 Å².